The first-order chi connectivity index (χ1) is 13.9. The van der Waals surface area contributed by atoms with Crippen molar-refractivity contribution in [3.63, 3.8) is 0 Å². The molecule has 0 bridgehead atoms. The topological polar surface area (TPSA) is 73.2 Å². The lowest BCUT2D eigenvalue weighted by Gasteiger charge is -2.18. The summed E-state index contributed by atoms with van der Waals surface area (Å²) in [5, 5.41) is 3.59. The molecular formula is C22H25N3O3S. The largest absolute Gasteiger partial charge is 0.494 e. The molecule has 1 unspecified atom stereocenters. The van der Waals surface area contributed by atoms with E-state index in [1.165, 1.54) is 11.8 Å². The van der Waals surface area contributed by atoms with Crippen molar-refractivity contribution >= 4 is 34.3 Å². The van der Waals surface area contributed by atoms with E-state index in [2.05, 4.69) is 10.3 Å². The number of thioether (sulfide) groups is 1. The number of fused-ring (bicyclic) bond motifs is 1. The first-order valence-electron chi connectivity index (χ1n) is 9.62. The van der Waals surface area contributed by atoms with Gasteiger partial charge in [0.05, 0.1) is 22.8 Å². The quantitative estimate of drug-likeness (QED) is 0.458. The number of hydrogen-bond donors (Lipinski definition) is 1. The van der Waals surface area contributed by atoms with E-state index in [-0.39, 0.29) is 17.5 Å². The van der Waals surface area contributed by atoms with Crippen molar-refractivity contribution in [1.82, 2.24) is 9.55 Å². The number of nitrogens with zero attached hydrogens (tertiary/aromatic N) is 2. The van der Waals surface area contributed by atoms with Crippen molar-refractivity contribution in [2.75, 3.05) is 11.9 Å². The van der Waals surface area contributed by atoms with Crippen LogP contribution in [0.15, 0.2) is 58.5 Å². The number of nitrogens with one attached hydrogen (secondary N) is 1. The second-order valence-corrected chi connectivity index (χ2v) is 8.20. The normalized spacial score (nSPS) is 12.2. The number of anilines is 1. The maximum Gasteiger partial charge on any atom is 0.262 e. The van der Waals surface area contributed by atoms with E-state index in [9.17, 15) is 9.59 Å². The van der Waals surface area contributed by atoms with E-state index in [0.29, 0.717) is 28.4 Å². The van der Waals surface area contributed by atoms with Gasteiger partial charge < -0.3 is 10.1 Å². The van der Waals surface area contributed by atoms with Gasteiger partial charge in [-0.05, 0) is 64.1 Å². The maximum atomic E-state index is 12.9. The fraction of sp³-hybridized carbons (Fsp3) is 0.318. The molecule has 0 radical (unpaired) electrons. The molecule has 1 N–H and O–H groups in total. The third-order valence-corrected chi connectivity index (χ3v) is 5.44. The van der Waals surface area contributed by atoms with Gasteiger partial charge in [0.1, 0.15) is 5.75 Å². The van der Waals surface area contributed by atoms with Gasteiger partial charge in [-0.25, -0.2) is 4.98 Å². The molecule has 0 aliphatic rings. The van der Waals surface area contributed by atoms with Crippen LogP contribution in [0, 0.1) is 0 Å². The van der Waals surface area contributed by atoms with Crippen LogP contribution in [0.25, 0.3) is 10.9 Å². The van der Waals surface area contributed by atoms with Gasteiger partial charge in [-0.15, -0.1) is 0 Å². The highest BCUT2D eigenvalue weighted by Gasteiger charge is 2.20. The summed E-state index contributed by atoms with van der Waals surface area (Å²) in [6.07, 6.45) is 0. The molecule has 1 aromatic heterocycles. The molecule has 152 valence electrons. The van der Waals surface area contributed by atoms with Crippen LogP contribution >= 0.6 is 11.8 Å². The summed E-state index contributed by atoms with van der Waals surface area (Å²) >= 11 is 1.28. The number of ether oxygens (including phenoxy) is 1. The first-order valence-corrected chi connectivity index (χ1v) is 10.5. The molecule has 1 atom stereocenters. The summed E-state index contributed by atoms with van der Waals surface area (Å²) in [6.45, 7) is 8.20. The van der Waals surface area contributed by atoms with Crippen LogP contribution in [0.4, 0.5) is 5.69 Å². The van der Waals surface area contributed by atoms with E-state index >= 15 is 0 Å². The zero-order chi connectivity index (χ0) is 21.0. The Kier molecular flexibility index (Phi) is 6.59. The molecule has 0 fully saturated rings. The maximum absolute atomic E-state index is 12.9. The van der Waals surface area contributed by atoms with Gasteiger partial charge in [-0.3, -0.25) is 14.2 Å². The molecule has 1 heterocycles. The number of benzene rings is 2. The zero-order valence-corrected chi connectivity index (χ0v) is 17.8. The van der Waals surface area contributed by atoms with Gasteiger partial charge >= 0.3 is 0 Å². The molecule has 3 rings (SSSR count). The van der Waals surface area contributed by atoms with Crippen molar-refractivity contribution < 1.29 is 9.53 Å². The Morgan fingerprint density at radius 3 is 2.48 bits per heavy atom. The van der Waals surface area contributed by atoms with Crippen molar-refractivity contribution in [3.05, 3.63) is 58.9 Å². The molecule has 29 heavy (non-hydrogen) atoms. The Morgan fingerprint density at radius 1 is 1.14 bits per heavy atom. The highest BCUT2D eigenvalue weighted by Crippen LogP contribution is 2.26. The molecule has 0 aliphatic carbocycles. The molecule has 7 heteroatoms. The SMILES string of the molecule is CCOc1ccc(NC(=O)C(C)Sc2nc3ccccc3c(=O)n2C(C)C)cc1. The standard InChI is InChI=1S/C22H25N3O3S/c1-5-28-17-12-10-16(11-13-17)23-20(26)15(4)29-22-24-19-9-7-6-8-18(19)21(27)25(22)14(2)3/h6-15H,5H2,1-4H3,(H,23,26). The summed E-state index contributed by atoms with van der Waals surface area (Å²) in [6, 6.07) is 14.5. The summed E-state index contributed by atoms with van der Waals surface area (Å²) in [5.41, 5.74) is 1.24. The van der Waals surface area contributed by atoms with E-state index in [0.717, 1.165) is 5.75 Å². The predicted octanol–water partition coefficient (Wildman–Crippen LogP) is 4.50. The fourth-order valence-electron chi connectivity index (χ4n) is 2.92. The molecule has 0 saturated heterocycles. The van der Waals surface area contributed by atoms with E-state index in [4.69, 9.17) is 4.74 Å². The van der Waals surface area contributed by atoms with Crippen molar-refractivity contribution in [2.24, 2.45) is 0 Å². The molecule has 3 aromatic rings. The Labute approximate surface area is 174 Å². The third kappa shape index (κ3) is 4.79. The predicted molar refractivity (Wildman–Crippen MR) is 118 cm³/mol. The second kappa shape index (κ2) is 9.13. The average molecular weight is 412 g/mol. The number of rotatable bonds is 7. The van der Waals surface area contributed by atoms with Gasteiger partial charge in [0.15, 0.2) is 5.16 Å². The van der Waals surface area contributed by atoms with Gasteiger partial charge in [0, 0.05) is 11.7 Å². The highest BCUT2D eigenvalue weighted by molar-refractivity contribution is 8.00. The lowest BCUT2D eigenvalue weighted by molar-refractivity contribution is -0.115. The lowest BCUT2D eigenvalue weighted by atomic mass is 10.2. The average Bonchev–Trinajstić information content (AvgIpc) is 2.69. The Hall–Kier alpha value is -2.80. The molecule has 2 aromatic carbocycles. The van der Waals surface area contributed by atoms with Crippen molar-refractivity contribution in [1.29, 1.82) is 0 Å². The third-order valence-electron chi connectivity index (χ3n) is 4.38. The number of amides is 1. The molecular weight excluding hydrogens is 386 g/mol. The smallest absolute Gasteiger partial charge is 0.262 e. The first kappa shape index (κ1) is 20.9. The number of aromatic nitrogens is 2. The molecule has 0 spiro atoms. The van der Waals surface area contributed by atoms with Crippen LogP contribution in [0.1, 0.15) is 33.7 Å². The number of para-hydroxylation sites is 1. The van der Waals surface area contributed by atoms with Crippen LogP contribution in [0.3, 0.4) is 0 Å². The Balaban J connectivity index is 1.81. The van der Waals surface area contributed by atoms with Crippen LogP contribution in [0.2, 0.25) is 0 Å². The Bertz CT molecular complexity index is 1060. The number of carbonyl (C=O) groups excluding carboxylic acids is 1. The van der Waals surface area contributed by atoms with Crippen LogP contribution < -0.4 is 15.6 Å². The monoisotopic (exact) mass is 411 g/mol. The van der Waals surface area contributed by atoms with E-state index in [1.807, 2.05) is 51.1 Å². The molecule has 1 amide bonds. The zero-order valence-electron chi connectivity index (χ0n) is 17.0. The molecule has 0 saturated carbocycles. The number of carbonyl (C=O) groups is 1. The summed E-state index contributed by atoms with van der Waals surface area (Å²) in [7, 11) is 0. The van der Waals surface area contributed by atoms with E-state index in [1.54, 1.807) is 29.7 Å². The minimum atomic E-state index is -0.431. The summed E-state index contributed by atoms with van der Waals surface area (Å²) in [4.78, 5) is 30.2. The van der Waals surface area contributed by atoms with Crippen molar-refractivity contribution in [3.8, 4) is 5.75 Å². The van der Waals surface area contributed by atoms with E-state index < -0.39 is 5.25 Å². The van der Waals surface area contributed by atoms with Gasteiger partial charge in [-0.1, -0.05) is 23.9 Å². The van der Waals surface area contributed by atoms with Gasteiger partial charge in [0.25, 0.3) is 5.56 Å². The fourth-order valence-corrected chi connectivity index (χ4v) is 3.96. The van der Waals surface area contributed by atoms with Gasteiger partial charge in [0.2, 0.25) is 5.91 Å². The lowest BCUT2D eigenvalue weighted by Crippen LogP contribution is -2.28. The minimum Gasteiger partial charge on any atom is -0.494 e. The number of hydrogen-bond acceptors (Lipinski definition) is 5. The Morgan fingerprint density at radius 2 is 1.83 bits per heavy atom. The molecule has 6 nitrogen and oxygen atoms in total. The summed E-state index contributed by atoms with van der Waals surface area (Å²) in [5.74, 6) is 0.603. The van der Waals surface area contributed by atoms with Gasteiger partial charge in [-0.2, -0.15) is 0 Å². The summed E-state index contributed by atoms with van der Waals surface area (Å²) < 4.78 is 7.06. The minimum absolute atomic E-state index is 0.0662. The molecule has 0 aliphatic heterocycles. The second-order valence-electron chi connectivity index (χ2n) is 6.89. The highest BCUT2D eigenvalue weighted by atomic mass is 32.2. The van der Waals surface area contributed by atoms with Crippen LogP contribution in [-0.4, -0.2) is 27.3 Å². The van der Waals surface area contributed by atoms with Crippen molar-refractivity contribution in [2.45, 2.75) is 44.1 Å². The van der Waals surface area contributed by atoms with Crippen LogP contribution in [-0.2, 0) is 4.79 Å². The van der Waals surface area contributed by atoms with Crippen LogP contribution in [0.5, 0.6) is 5.75 Å².